The quantitative estimate of drug-likeness (QED) is 0.721. The number of anilines is 1. The first-order valence-electron chi connectivity index (χ1n) is 7.64. The number of hydrogen-bond acceptors (Lipinski definition) is 4. The van der Waals surface area contributed by atoms with Gasteiger partial charge in [0, 0.05) is 5.69 Å². The number of nitrogens with zero attached hydrogens (tertiary/aromatic N) is 3. The van der Waals surface area contributed by atoms with Crippen molar-refractivity contribution in [2.24, 2.45) is 0 Å². The highest BCUT2D eigenvalue weighted by Crippen LogP contribution is 2.25. The zero-order valence-electron chi connectivity index (χ0n) is 13.5. The van der Waals surface area contributed by atoms with Crippen molar-refractivity contribution in [1.29, 1.82) is 0 Å². The van der Waals surface area contributed by atoms with Crippen LogP contribution in [-0.2, 0) is 4.79 Å². The largest absolute Gasteiger partial charge is 0.325 e. The minimum absolute atomic E-state index is 0.0643. The SMILES string of the molecule is Cc1ccccc1-n1cnnc1S[C@H](C)C(=O)Nc1ccccc1. The van der Waals surface area contributed by atoms with Crippen LogP contribution in [0.5, 0.6) is 0 Å². The van der Waals surface area contributed by atoms with E-state index in [1.807, 2.05) is 73.0 Å². The number of thioether (sulfide) groups is 1. The molecule has 0 bridgehead atoms. The minimum atomic E-state index is -0.294. The number of benzene rings is 2. The second kappa shape index (κ2) is 7.31. The zero-order chi connectivity index (χ0) is 16.9. The van der Waals surface area contributed by atoms with Crippen LogP contribution in [0.1, 0.15) is 12.5 Å². The van der Waals surface area contributed by atoms with Crippen molar-refractivity contribution in [2.75, 3.05) is 5.32 Å². The Balaban J connectivity index is 1.74. The molecule has 1 amide bonds. The maximum atomic E-state index is 12.4. The topological polar surface area (TPSA) is 59.8 Å². The first-order valence-corrected chi connectivity index (χ1v) is 8.51. The smallest absolute Gasteiger partial charge is 0.237 e. The Kier molecular flexibility index (Phi) is 4.96. The highest BCUT2D eigenvalue weighted by Gasteiger charge is 2.19. The van der Waals surface area contributed by atoms with Crippen LogP contribution in [0.25, 0.3) is 5.69 Å². The van der Waals surface area contributed by atoms with Crippen molar-refractivity contribution in [1.82, 2.24) is 14.8 Å². The lowest BCUT2D eigenvalue weighted by Gasteiger charge is -2.13. The normalized spacial score (nSPS) is 11.9. The summed E-state index contributed by atoms with van der Waals surface area (Å²) in [6, 6.07) is 17.4. The Morgan fingerprint density at radius 2 is 1.83 bits per heavy atom. The van der Waals surface area contributed by atoms with E-state index in [2.05, 4.69) is 15.5 Å². The number of hydrogen-bond donors (Lipinski definition) is 1. The molecule has 3 rings (SSSR count). The molecule has 0 fully saturated rings. The van der Waals surface area contributed by atoms with E-state index in [4.69, 9.17) is 0 Å². The van der Waals surface area contributed by atoms with Gasteiger partial charge in [0.2, 0.25) is 5.91 Å². The number of aryl methyl sites for hydroxylation is 1. The van der Waals surface area contributed by atoms with E-state index < -0.39 is 0 Å². The molecule has 1 N–H and O–H groups in total. The standard InChI is InChI=1S/C18H18N4OS/c1-13-8-6-7-11-16(13)22-12-19-21-18(22)24-14(2)17(23)20-15-9-4-3-5-10-15/h3-12,14H,1-2H3,(H,20,23)/t14-/m1/s1. The lowest BCUT2D eigenvalue weighted by molar-refractivity contribution is -0.115. The van der Waals surface area contributed by atoms with E-state index >= 15 is 0 Å². The van der Waals surface area contributed by atoms with Crippen LogP contribution in [0, 0.1) is 6.92 Å². The third-order valence-corrected chi connectivity index (χ3v) is 4.64. The molecule has 0 saturated heterocycles. The third-order valence-electron chi connectivity index (χ3n) is 3.58. The van der Waals surface area contributed by atoms with Crippen molar-refractivity contribution in [3.05, 3.63) is 66.5 Å². The molecular formula is C18H18N4OS. The molecule has 6 heteroatoms. The van der Waals surface area contributed by atoms with Gasteiger partial charge in [-0.2, -0.15) is 0 Å². The van der Waals surface area contributed by atoms with E-state index in [0.29, 0.717) is 5.16 Å². The van der Waals surface area contributed by atoms with Gasteiger partial charge in [-0.3, -0.25) is 9.36 Å². The molecule has 0 unspecified atom stereocenters. The lowest BCUT2D eigenvalue weighted by atomic mass is 10.2. The van der Waals surface area contributed by atoms with Gasteiger partial charge in [-0.25, -0.2) is 0 Å². The van der Waals surface area contributed by atoms with Gasteiger partial charge in [-0.05, 0) is 37.6 Å². The predicted octanol–water partition coefficient (Wildman–Crippen LogP) is 3.70. The highest BCUT2D eigenvalue weighted by atomic mass is 32.2. The molecule has 2 aromatic carbocycles. The van der Waals surface area contributed by atoms with Crippen LogP contribution in [0.4, 0.5) is 5.69 Å². The van der Waals surface area contributed by atoms with Gasteiger partial charge < -0.3 is 5.32 Å². The average molecular weight is 338 g/mol. The fraction of sp³-hybridized carbons (Fsp3) is 0.167. The molecule has 0 aliphatic rings. The summed E-state index contributed by atoms with van der Waals surface area (Å²) >= 11 is 1.39. The monoisotopic (exact) mass is 338 g/mol. The van der Waals surface area contributed by atoms with Crippen LogP contribution < -0.4 is 5.32 Å². The van der Waals surface area contributed by atoms with E-state index in [0.717, 1.165) is 16.9 Å². The Morgan fingerprint density at radius 3 is 2.58 bits per heavy atom. The van der Waals surface area contributed by atoms with Crippen LogP contribution in [0.15, 0.2) is 66.1 Å². The fourth-order valence-corrected chi connectivity index (χ4v) is 3.12. The number of carbonyl (C=O) groups is 1. The predicted molar refractivity (Wildman–Crippen MR) is 96.5 cm³/mol. The third kappa shape index (κ3) is 3.65. The first-order chi connectivity index (χ1) is 11.6. The van der Waals surface area contributed by atoms with Crippen LogP contribution >= 0.6 is 11.8 Å². The lowest BCUT2D eigenvalue weighted by Crippen LogP contribution is -2.22. The van der Waals surface area contributed by atoms with Gasteiger partial charge in [0.15, 0.2) is 5.16 Å². The van der Waals surface area contributed by atoms with Crippen LogP contribution in [0.2, 0.25) is 0 Å². The van der Waals surface area contributed by atoms with Gasteiger partial charge in [0.25, 0.3) is 0 Å². The number of aromatic nitrogens is 3. The molecule has 0 spiro atoms. The summed E-state index contributed by atoms with van der Waals surface area (Å²) in [6.07, 6.45) is 1.67. The summed E-state index contributed by atoms with van der Waals surface area (Å²) < 4.78 is 1.91. The number of amides is 1. The highest BCUT2D eigenvalue weighted by molar-refractivity contribution is 8.00. The maximum Gasteiger partial charge on any atom is 0.237 e. The van der Waals surface area contributed by atoms with Crippen molar-refractivity contribution in [3.63, 3.8) is 0 Å². The van der Waals surface area contributed by atoms with Crippen molar-refractivity contribution >= 4 is 23.4 Å². The number of rotatable bonds is 5. The summed E-state index contributed by atoms with van der Waals surface area (Å²) in [5.74, 6) is -0.0643. The summed E-state index contributed by atoms with van der Waals surface area (Å²) in [5.41, 5.74) is 2.93. The molecule has 0 saturated carbocycles. The second-order valence-electron chi connectivity index (χ2n) is 5.39. The van der Waals surface area contributed by atoms with E-state index in [-0.39, 0.29) is 11.2 Å². The summed E-state index contributed by atoms with van der Waals surface area (Å²) in [6.45, 7) is 3.90. The number of para-hydroxylation sites is 2. The summed E-state index contributed by atoms with van der Waals surface area (Å²) in [4.78, 5) is 12.4. The molecular weight excluding hydrogens is 320 g/mol. The van der Waals surface area contributed by atoms with Crippen molar-refractivity contribution < 1.29 is 4.79 Å². The molecule has 1 atom stereocenters. The number of nitrogens with one attached hydrogen (secondary N) is 1. The molecule has 1 heterocycles. The van der Waals surface area contributed by atoms with Crippen molar-refractivity contribution in [3.8, 4) is 5.69 Å². The van der Waals surface area contributed by atoms with E-state index in [1.54, 1.807) is 6.33 Å². The first kappa shape index (κ1) is 16.3. The summed E-state index contributed by atoms with van der Waals surface area (Å²) in [5, 5.41) is 11.5. The second-order valence-corrected chi connectivity index (χ2v) is 6.69. The Hall–Kier alpha value is -2.60. The molecule has 1 aromatic heterocycles. The molecule has 0 radical (unpaired) electrons. The van der Waals surface area contributed by atoms with Crippen LogP contribution in [0.3, 0.4) is 0 Å². The van der Waals surface area contributed by atoms with Gasteiger partial charge in [0.1, 0.15) is 6.33 Å². The minimum Gasteiger partial charge on any atom is -0.325 e. The maximum absolute atomic E-state index is 12.4. The summed E-state index contributed by atoms with van der Waals surface area (Å²) in [7, 11) is 0. The molecule has 3 aromatic rings. The molecule has 24 heavy (non-hydrogen) atoms. The van der Waals surface area contributed by atoms with Gasteiger partial charge in [-0.1, -0.05) is 48.2 Å². The zero-order valence-corrected chi connectivity index (χ0v) is 14.3. The van der Waals surface area contributed by atoms with Crippen molar-refractivity contribution in [2.45, 2.75) is 24.3 Å². The van der Waals surface area contributed by atoms with Crippen LogP contribution in [-0.4, -0.2) is 25.9 Å². The molecule has 0 aliphatic carbocycles. The Morgan fingerprint density at radius 1 is 1.12 bits per heavy atom. The van der Waals surface area contributed by atoms with Gasteiger partial charge in [-0.15, -0.1) is 10.2 Å². The van der Waals surface area contributed by atoms with Gasteiger partial charge in [0.05, 0.1) is 10.9 Å². The molecule has 0 aliphatic heterocycles. The molecule has 122 valence electrons. The number of carbonyl (C=O) groups excluding carboxylic acids is 1. The fourth-order valence-electron chi connectivity index (χ4n) is 2.28. The molecule has 5 nitrogen and oxygen atoms in total. The van der Waals surface area contributed by atoms with Gasteiger partial charge >= 0.3 is 0 Å². The Bertz CT molecular complexity index is 832. The van der Waals surface area contributed by atoms with E-state index in [1.165, 1.54) is 11.8 Å². The average Bonchev–Trinajstić information content (AvgIpc) is 3.04. The van der Waals surface area contributed by atoms with E-state index in [9.17, 15) is 4.79 Å². The Labute approximate surface area is 145 Å².